The van der Waals surface area contributed by atoms with E-state index < -0.39 is 0 Å². The summed E-state index contributed by atoms with van der Waals surface area (Å²) in [5.74, 6) is 3.84. The summed E-state index contributed by atoms with van der Waals surface area (Å²) in [6, 6.07) is 36.5. The molecule has 0 spiro atoms. The molecule has 0 saturated heterocycles. The van der Waals surface area contributed by atoms with Gasteiger partial charge in [-0.25, -0.2) is 0 Å². The van der Waals surface area contributed by atoms with Gasteiger partial charge in [0.25, 0.3) is 0 Å². The van der Waals surface area contributed by atoms with Crippen molar-refractivity contribution in [2.75, 3.05) is 0 Å². The first-order valence-corrected chi connectivity index (χ1v) is 14.6. The van der Waals surface area contributed by atoms with Gasteiger partial charge in [-0.3, -0.25) is 0 Å². The van der Waals surface area contributed by atoms with E-state index in [4.69, 9.17) is 0 Å². The lowest BCUT2D eigenvalue weighted by Crippen LogP contribution is -2.30. The third-order valence-corrected chi connectivity index (χ3v) is 9.98. The number of hydrogen-bond acceptors (Lipinski definition) is 0. The zero-order chi connectivity index (χ0) is 25.1. The molecule has 4 unspecified atom stereocenters. The molecule has 4 aliphatic rings. The van der Waals surface area contributed by atoms with Gasteiger partial charge in [-0.1, -0.05) is 121 Å². The Bertz CT molecular complexity index is 1550. The van der Waals surface area contributed by atoms with Gasteiger partial charge in [-0.2, -0.15) is 0 Å². The van der Waals surface area contributed by atoms with Gasteiger partial charge < -0.3 is 0 Å². The number of benzene rings is 4. The predicted octanol–water partition coefficient (Wildman–Crippen LogP) is 6.12. The van der Waals surface area contributed by atoms with Crippen LogP contribution in [-0.2, 0) is 0 Å². The Labute approximate surface area is 225 Å². The minimum absolute atomic E-state index is 0.610. The van der Waals surface area contributed by atoms with Gasteiger partial charge in [0.1, 0.15) is 0 Å². The summed E-state index contributed by atoms with van der Waals surface area (Å²) < 4.78 is 0. The van der Waals surface area contributed by atoms with E-state index in [1.165, 1.54) is 57.7 Å². The van der Waals surface area contributed by atoms with Gasteiger partial charge in [-0.15, -0.1) is 0 Å². The molecule has 38 heavy (non-hydrogen) atoms. The topological polar surface area (TPSA) is 0 Å². The fraction of sp³-hybridized carbons (Fsp3) is 0.263. The zero-order valence-electron chi connectivity index (χ0n) is 21.8. The second-order valence-electron chi connectivity index (χ2n) is 12.1. The zero-order valence-corrected chi connectivity index (χ0v) is 21.8. The van der Waals surface area contributed by atoms with Gasteiger partial charge in [0.2, 0.25) is 0 Å². The lowest BCUT2D eigenvalue weighted by atomic mass is 9.83. The van der Waals surface area contributed by atoms with E-state index >= 15 is 0 Å². The first kappa shape index (κ1) is 22.4. The highest BCUT2D eigenvalue weighted by atomic mass is 14.4. The van der Waals surface area contributed by atoms with Crippen molar-refractivity contribution < 1.29 is 0 Å². The van der Waals surface area contributed by atoms with Crippen molar-refractivity contribution in [2.24, 2.45) is 23.7 Å². The number of fused-ring (bicyclic) bond motifs is 4. The molecule has 2 saturated carbocycles. The van der Waals surface area contributed by atoms with Crippen molar-refractivity contribution in [3.05, 3.63) is 129 Å². The summed E-state index contributed by atoms with van der Waals surface area (Å²) in [6.07, 6.45) is 15.2. The van der Waals surface area contributed by atoms with Crippen LogP contribution in [0.5, 0.6) is 0 Å². The minimum atomic E-state index is 0.610. The standard InChI is InChI=1S/C38H34/c1-2-10-26-18-30-22-33(21-29(30)17-25(26)9-1)35-13-5-7-15-37(35)38-16-8-6-14-36(38)34-23-31-19-27-11-3-4-12-28(27)20-32(31)24-34/h1-20,29-34H,21-24H2. The maximum Gasteiger partial charge on any atom is -0.0144 e. The van der Waals surface area contributed by atoms with Crippen LogP contribution in [-0.4, -0.2) is 0 Å². The average molecular weight is 491 g/mol. The molecule has 0 N–H and O–H groups in total. The SMILES string of the molecule is C1=c2ccccc2=CC2CC(c3ccccc3-c3ccccc3C3CC4C=c5ccccc5=CC4C3)CC12. The molecular formula is C38H34. The third-order valence-electron chi connectivity index (χ3n) is 9.98. The molecule has 8 rings (SSSR count). The van der Waals surface area contributed by atoms with E-state index in [0.29, 0.717) is 35.5 Å². The van der Waals surface area contributed by atoms with Gasteiger partial charge in [0.05, 0.1) is 0 Å². The molecule has 0 aromatic heterocycles. The Morgan fingerprint density at radius 2 is 0.632 bits per heavy atom. The number of rotatable bonds is 3. The first-order chi connectivity index (χ1) is 18.8. The molecule has 0 aliphatic heterocycles. The average Bonchev–Trinajstić information content (AvgIpc) is 3.58. The third kappa shape index (κ3) is 3.73. The van der Waals surface area contributed by atoms with E-state index in [0.717, 1.165) is 0 Å². The van der Waals surface area contributed by atoms with Crippen molar-refractivity contribution >= 4 is 24.3 Å². The van der Waals surface area contributed by atoms with E-state index in [1.54, 1.807) is 11.1 Å². The molecule has 4 aromatic carbocycles. The van der Waals surface area contributed by atoms with E-state index in [9.17, 15) is 0 Å². The van der Waals surface area contributed by atoms with Crippen LogP contribution in [0.3, 0.4) is 0 Å². The maximum atomic E-state index is 2.56. The van der Waals surface area contributed by atoms with Crippen molar-refractivity contribution in [2.45, 2.75) is 37.5 Å². The smallest absolute Gasteiger partial charge is 0.0144 e. The Morgan fingerprint density at radius 3 is 0.974 bits per heavy atom. The monoisotopic (exact) mass is 490 g/mol. The molecule has 4 atom stereocenters. The molecular weight excluding hydrogens is 456 g/mol. The van der Waals surface area contributed by atoms with Gasteiger partial charge >= 0.3 is 0 Å². The molecule has 2 fully saturated rings. The van der Waals surface area contributed by atoms with Crippen LogP contribution in [0, 0.1) is 23.7 Å². The predicted molar refractivity (Wildman–Crippen MR) is 159 cm³/mol. The van der Waals surface area contributed by atoms with E-state index in [2.05, 4.69) is 121 Å². The second kappa shape index (κ2) is 8.98. The normalized spacial score (nSPS) is 28.4. The summed E-state index contributed by atoms with van der Waals surface area (Å²) in [5.41, 5.74) is 6.05. The molecule has 0 heterocycles. The molecule has 186 valence electrons. The minimum Gasteiger partial charge on any atom is -0.0729 e. The summed E-state index contributed by atoms with van der Waals surface area (Å²) in [7, 11) is 0. The fourth-order valence-corrected chi connectivity index (χ4v) is 8.23. The molecule has 0 heteroatoms. The van der Waals surface area contributed by atoms with Crippen LogP contribution in [0.2, 0.25) is 0 Å². The summed E-state index contributed by atoms with van der Waals surface area (Å²) in [6.45, 7) is 0. The summed E-state index contributed by atoms with van der Waals surface area (Å²) >= 11 is 0. The van der Waals surface area contributed by atoms with Gasteiger partial charge in [-0.05, 0) is 104 Å². The quantitative estimate of drug-likeness (QED) is 0.324. The molecule has 0 nitrogen and oxygen atoms in total. The van der Waals surface area contributed by atoms with E-state index in [-0.39, 0.29) is 0 Å². The van der Waals surface area contributed by atoms with Crippen molar-refractivity contribution in [3.63, 3.8) is 0 Å². The van der Waals surface area contributed by atoms with Crippen molar-refractivity contribution in [1.82, 2.24) is 0 Å². The molecule has 0 amide bonds. The van der Waals surface area contributed by atoms with Crippen LogP contribution >= 0.6 is 0 Å². The van der Waals surface area contributed by atoms with Crippen LogP contribution in [0.15, 0.2) is 97.1 Å². The largest absolute Gasteiger partial charge is 0.0729 e. The Morgan fingerprint density at radius 1 is 0.342 bits per heavy atom. The highest BCUT2D eigenvalue weighted by molar-refractivity contribution is 5.72. The van der Waals surface area contributed by atoms with Crippen molar-refractivity contribution in [3.8, 4) is 11.1 Å². The van der Waals surface area contributed by atoms with E-state index in [1.807, 2.05) is 0 Å². The Hall–Kier alpha value is -3.64. The van der Waals surface area contributed by atoms with Crippen molar-refractivity contribution in [1.29, 1.82) is 0 Å². The molecule has 0 radical (unpaired) electrons. The lowest BCUT2D eigenvalue weighted by Gasteiger charge is -2.21. The highest BCUT2D eigenvalue weighted by Crippen LogP contribution is 2.50. The molecule has 4 aliphatic carbocycles. The van der Waals surface area contributed by atoms with Gasteiger partial charge in [0.15, 0.2) is 0 Å². The highest BCUT2D eigenvalue weighted by Gasteiger charge is 2.37. The Kier molecular flexibility index (Phi) is 5.28. The first-order valence-electron chi connectivity index (χ1n) is 14.6. The second-order valence-corrected chi connectivity index (χ2v) is 12.1. The fourth-order valence-electron chi connectivity index (χ4n) is 8.23. The molecule has 4 aromatic rings. The molecule has 0 bridgehead atoms. The van der Waals surface area contributed by atoms with Gasteiger partial charge in [0, 0.05) is 0 Å². The lowest BCUT2D eigenvalue weighted by molar-refractivity contribution is 0.608. The van der Waals surface area contributed by atoms with Crippen LogP contribution in [0.25, 0.3) is 35.4 Å². The number of hydrogen-bond donors (Lipinski definition) is 0. The summed E-state index contributed by atoms with van der Waals surface area (Å²) in [5, 5.41) is 5.69. The Balaban J connectivity index is 1.13. The van der Waals surface area contributed by atoms with Crippen LogP contribution < -0.4 is 20.9 Å². The van der Waals surface area contributed by atoms with Crippen LogP contribution in [0.4, 0.5) is 0 Å². The van der Waals surface area contributed by atoms with Crippen LogP contribution in [0.1, 0.15) is 48.6 Å². The summed E-state index contributed by atoms with van der Waals surface area (Å²) in [4.78, 5) is 0. The maximum absolute atomic E-state index is 2.56.